The Bertz CT molecular complexity index is 177. The Morgan fingerprint density at radius 1 is 1.36 bits per heavy atom. The zero-order valence-corrected chi connectivity index (χ0v) is 6.14. The average molecular weight is 164 g/mol. The van der Waals surface area contributed by atoms with Gasteiger partial charge in [0.2, 0.25) is 5.54 Å². The van der Waals surface area contributed by atoms with Crippen LogP contribution in [0.1, 0.15) is 13.8 Å². The molecule has 0 spiro atoms. The van der Waals surface area contributed by atoms with Crippen LogP contribution < -0.4 is 0 Å². The summed E-state index contributed by atoms with van der Waals surface area (Å²) in [5.41, 5.74) is -1.41. The average Bonchev–Trinajstić information content (AvgIpc) is 1.84. The molecule has 0 aromatic carbocycles. The molecule has 7 nitrogen and oxygen atoms in total. The minimum absolute atomic E-state index is 0.535. The summed E-state index contributed by atoms with van der Waals surface area (Å²) in [6.45, 7) is 1.96. The van der Waals surface area contributed by atoms with E-state index in [1.807, 2.05) is 0 Å². The number of rotatable bonds is 4. The van der Waals surface area contributed by atoms with E-state index in [0.717, 1.165) is 0 Å². The third-order valence-corrected chi connectivity index (χ3v) is 1.02. The summed E-state index contributed by atoms with van der Waals surface area (Å²) in [6, 6.07) is 0. The molecule has 0 rings (SSSR count). The second kappa shape index (κ2) is 3.13. The van der Waals surface area contributed by atoms with Crippen LogP contribution in [0.5, 0.6) is 0 Å². The molecule has 0 unspecified atom stereocenters. The predicted molar refractivity (Wildman–Crippen MR) is 34.0 cm³/mol. The lowest BCUT2D eigenvalue weighted by atomic mass is 10.1. The first-order valence-electron chi connectivity index (χ1n) is 2.78. The number of hydrogen-bond acceptors (Lipinski definition) is 5. The van der Waals surface area contributed by atoms with E-state index >= 15 is 0 Å². The summed E-state index contributed by atoms with van der Waals surface area (Å²) in [5.74, 6) is 0. The van der Waals surface area contributed by atoms with Gasteiger partial charge in [-0.15, -0.1) is 10.1 Å². The van der Waals surface area contributed by atoms with Gasteiger partial charge in [-0.3, -0.25) is 10.1 Å². The van der Waals surface area contributed by atoms with Crippen LogP contribution in [-0.2, 0) is 4.84 Å². The lowest BCUT2D eigenvalue weighted by Gasteiger charge is -2.12. The van der Waals surface area contributed by atoms with E-state index in [9.17, 15) is 20.2 Å². The molecule has 0 bridgehead atoms. The highest BCUT2D eigenvalue weighted by Crippen LogP contribution is 2.07. The minimum atomic E-state index is -1.41. The van der Waals surface area contributed by atoms with Crippen LogP contribution in [0.15, 0.2) is 0 Å². The SMILES string of the molecule is CC(C)(CO[N+](=O)[O-])[N+](=O)[O-]. The van der Waals surface area contributed by atoms with Gasteiger partial charge in [0.1, 0.15) is 0 Å². The van der Waals surface area contributed by atoms with Crippen LogP contribution in [0.3, 0.4) is 0 Å². The Morgan fingerprint density at radius 3 is 2.09 bits per heavy atom. The third kappa shape index (κ3) is 3.33. The maximum absolute atomic E-state index is 10.1. The minimum Gasteiger partial charge on any atom is -0.306 e. The Balaban J connectivity index is 3.92. The Kier molecular flexibility index (Phi) is 2.73. The molecule has 11 heavy (non-hydrogen) atoms. The van der Waals surface area contributed by atoms with Crippen molar-refractivity contribution in [2.24, 2.45) is 0 Å². The lowest BCUT2D eigenvalue weighted by molar-refractivity contribution is -0.769. The van der Waals surface area contributed by atoms with Crippen LogP contribution in [0.4, 0.5) is 0 Å². The maximum atomic E-state index is 10.1. The first-order chi connectivity index (χ1) is 4.86. The third-order valence-electron chi connectivity index (χ3n) is 1.02. The standard InChI is InChI=1S/C4H8N2O5/c1-4(2,5(7)8)3-11-6(9)10/h3H2,1-2H3. The fraction of sp³-hybridized carbons (Fsp3) is 1.00. The van der Waals surface area contributed by atoms with E-state index in [2.05, 4.69) is 4.84 Å². The molecule has 0 aromatic heterocycles. The summed E-state index contributed by atoms with van der Waals surface area (Å²) in [6.07, 6.45) is 0. The highest BCUT2D eigenvalue weighted by atomic mass is 17.0. The molecule has 0 N–H and O–H groups in total. The van der Waals surface area contributed by atoms with Gasteiger partial charge in [0.25, 0.3) is 5.09 Å². The highest BCUT2D eigenvalue weighted by molar-refractivity contribution is 4.63. The van der Waals surface area contributed by atoms with Gasteiger partial charge in [-0.05, 0) is 0 Å². The van der Waals surface area contributed by atoms with Crippen molar-refractivity contribution in [1.82, 2.24) is 0 Å². The molecule has 0 aliphatic heterocycles. The molecule has 0 fully saturated rings. The van der Waals surface area contributed by atoms with Crippen LogP contribution >= 0.6 is 0 Å². The molecule has 0 radical (unpaired) electrons. The Hall–Kier alpha value is -1.40. The molecule has 0 amide bonds. The number of nitro groups is 1. The van der Waals surface area contributed by atoms with Crippen molar-refractivity contribution >= 4 is 0 Å². The van der Waals surface area contributed by atoms with Gasteiger partial charge >= 0.3 is 0 Å². The van der Waals surface area contributed by atoms with Crippen molar-refractivity contribution in [3.05, 3.63) is 20.2 Å². The van der Waals surface area contributed by atoms with Crippen molar-refractivity contribution in [2.75, 3.05) is 6.61 Å². The molecule has 0 atom stereocenters. The maximum Gasteiger partial charge on any atom is 0.294 e. The predicted octanol–water partition coefficient (Wildman–Crippen LogP) is 0.250. The second-order valence-corrected chi connectivity index (χ2v) is 2.57. The highest BCUT2D eigenvalue weighted by Gasteiger charge is 2.32. The molecule has 0 saturated carbocycles. The van der Waals surface area contributed by atoms with Crippen molar-refractivity contribution in [1.29, 1.82) is 0 Å². The second-order valence-electron chi connectivity index (χ2n) is 2.57. The van der Waals surface area contributed by atoms with Crippen LogP contribution in [0.25, 0.3) is 0 Å². The monoisotopic (exact) mass is 164 g/mol. The Labute approximate surface area is 62.2 Å². The van der Waals surface area contributed by atoms with E-state index in [1.165, 1.54) is 13.8 Å². The fourth-order valence-electron chi connectivity index (χ4n) is 0.263. The van der Waals surface area contributed by atoms with Crippen molar-refractivity contribution < 1.29 is 14.8 Å². The Morgan fingerprint density at radius 2 is 1.82 bits per heavy atom. The molecule has 0 heterocycles. The first-order valence-corrected chi connectivity index (χ1v) is 2.78. The topological polar surface area (TPSA) is 95.5 Å². The molecular formula is C4H8N2O5. The van der Waals surface area contributed by atoms with Crippen molar-refractivity contribution in [2.45, 2.75) is 19.4 Å². The largest absolute Gasteiger partial charge is 0.306 e. The van der Waals surface area contributed by atoms with Crippen molar-refractivity contribution in [3.63, 3.8) is 0 Å². The van der Waals surface area contributed by atoms with E-state index in [4.69, 9.17) is 0 Å². The number of hydrogen-bond donors (Lipinski definition) is 0. The van der Waals surface area contributed by atoms with Crippen LogP contribution in [-0.4, -0.2) is 22.2 Å². The quantitative estimate of drug-likeness (QED) is 0.438. The summed E-state index contributed by atoms with van der Waals surface area (Å²) in [7, 11) is 0. The van der Waals surface area contributed by atoms with Gasteiger partial charge in [0.15, 0.2) is 6.61 Å². The summed E-state index contributed by atoms with van der Waals surface area (Å²) < 4.78 is 0. The van der Waals surface area contributed by atoms with Gasteiger partial charge in [-0.1, -0.05) is 0 Å². The zero-order valence-electron chi connectivity index (χ0n) is 6.14. The van der Waals surface area contributed by atoms with Gasteiger partial charge in [-0.25, -0.2) is 0 Å². The molecule has 0 aliphatic rings. The summed E-state index contributed by atoms with van der Waals surface area (Å²) >= 11 is 0. The number of nitrogens with zero attached hydrogens (tertiary/aromatic N) is 2. The lowest BCUT2D eigenvalue weighted by Crippen LogP contribution is -2.37. The molecular weight excluding hydrogens is 156 g/mol. The summed E-state index contributed by atoms with van der Waals surface area (Å²) in [5, 5.41) is 18.7. The van der Waals surface area contributed by atoms with Gasteiger partial charge in [0, 0.05) is 18.8 Å². The van der Waals surface area contributed by atoms with E-state index < -0.39 is 22.2 Å². The molecule has 7 heteroatoms. The van der Waals surface area contributed by atoms with Gasteiger partial charge in [0.05, 0.1) is 0 Å². The molecule has 0 aromatic rings. The molecule has 64 valence electrons. The first kappa shape index (κ1) is 9.60. The zero-order chi connectivity index (χ0) is 9.07. The van der Waals surface area contributed by atoms with Crippen molar-refractivity contribution in [3.8, 4) is 0 Å². The van der Waals surface area contributed by atoms with Crippen LogP contribution in [0.2, 0.25) is 0 Å². The van der Waals surface area contributed by atoms with E-state index in [0.29, 0.717) is 0 Å². The fourth-order valence-corrected chi connectivity index (χ4v) is 0.263. The van der Waals surface area contributed by atoms with E-state index in [-0.39, 0.29) is 0 Å². The smallest absolute Gasteiger partial charge is 0.294 e. The normalized spacial score (nSPS) is 10.7. The van der Waals surface area contributed by atoms with E-state index in [1.54, 1.807) is 0 Å². The van der Waals surface area contributed by atoms with Gasteiger partial charge < -0.3 is 4.84 Å². The molecule has 0 saturated heterocycles. The van der Waals surface area contributed by atoms with Gasteiger partial charge in [-0.2, -0.15) is 0 Å². The molecule has 0 aliphatic carbocycles. The van der Waals surface area contributed by atoms with Crippen LogP contribution in [0, 0.1) is 20.2 Å². The summed E-state index contributed by atoms with van der Waals surface area (Å²) in [4.78, 5) is 23.0.